The average molecular weight is 524 g/mol. The third-order valence-electron chi connectivity index (χ3n) is 6.85. The average Bonchev–Trinajstić information content (AvgIpc) is 2.90. The molecule has 0 saturated heterocycles. The predicted octanol–water partition coefficient (Wildman–Crippen LogP) is 9.43. The zero-order chi connectivity index (χ0) is 27.6. The highest BCUT2D eigenvalue weighted by Gasteiger charge is 2.15. The van der Waals surface area contributed by atoms with Gasteiger partial charge in [-0.3, -0.25) is 10.1 Å². The number of hydrogen-bond acceptors (Lipinski definition) is 6. The first kappa shape index (κ1) is 31.4. The van der Waals surface area contributed by atoms with E-state index in [1.165, 1.54) is 82.7 Å². The minimum absolute atomic E-state index is 0.0485. The van der Waals surface area contributed by atoms with Crippen molar-refractivity contribution in [1.82, 2.24) is 0 Å². The summed E-state index contributed by atoms with van der Waals surface area (Å²) in [5.74, 6) is 0. The minimum Gasteiger partial charge on any atom is -0.372 e. The lowest BCUT2D eigenvalue weighted by Crippen LogP contribution is -2.25. The molecule has 0 aliphatic heterocycles. The summed E-state index contributed by atoms with van der Waals surface area (Å²) in [6.45, 7) is 8.54. The Morgan fingerprint density at radius 3 is 1.89 bits per heavy atom. The molecule has 0 amide bonds. The Labute approximate surface area is 230 Å². The number of rotatable bonds is 20. The van der Waals surface area contributed by atoms with Gasteiger partial charge in [0.05, 0.1) is 10.6 Å². The molecule has 2 aromatic carbocycles. The summed E-state index contributed by atoms with van der Waals surface area (Å²) in [6, 6.07) is 13.1. The fourth-order valence-corrected chi connectivity index (χ4v) is 4.68. The Morgan fingerprint density at radius 1 is 0.816 bits per heavy atom. The van der Waals surface area contributed by atoms with Gasteiger partial charge in [-0.1, -0.05) is 84.1 Å². The van der Waals surface area contributed by atoms with Gasteiger partial charge in [-0.05, 0) is 62.1 Å². The van der Waals surface area contributed by atoms with E-state index >= 15 is 0 Å². The number of benzene rings is 2. The molecule has 7 nitrogen and oxygen atoms in total. The number of anilines is 1. The second-order valence-corrected chi connectivity index (χ2v) is 10.5. The highest BCUT2D eigenvalue weighted by Crippen LogP contribution is 2.31. The summed E-state index contributed by atoms with van der Waals surface area (Å²) < 4.78 is 0. The Bertz CT molecular complexity index is 943. The molecule has 0 aliphatic rings. The van der Waals surface area contributed by atoms with E-state index in [-0.39, 0.29) is 17.4 Å². The third-order valence-corrected chi connectivity index (χ3v) is 6.85. The third kappa shape index (κ3) is 12.2. The van der Waals surface area contributed by atoms with Gasteiger partial charge in [-0.2, -0.15) is 5.11 Å². The van der Waals surface area contributed by atoms with Gasteiger partial charge >= 0.3 is 0 Å². The quantitative estimate of drug-likeness (QED) is 0.0808. The van der Waals surface area contributed by atoms with Gasteiger partial charge < -0.3 is 10.6 Å². The molecule has 0 fully saturated rings. The maximum atomic E-state index is 11.6. The second-order valence-electron chi connectivity index (χ2n) is 10.5. The SMILES string of the molecule is CCCCCCCCN(CCCCCCCC)c1ccc(N=Nc2ccc(CC(C)N)cc2[N+](=O)[O-])cc1. The van der Waals surface area contributed by atoms with E-state index in [0.29, 0.717) is 12.1 Å². The number of unbranched alkanes of at least 4 members (excludes halogenated alkanes) is 10. The largest absolute Gasteiger partial charge is 0.372 e. The molecule has 0 saturated carbocycles. The molecule has 0 spiro atoms. The minimum atomic E-state index is -0.412. The monoisotopic (exact) mass is 523 g/mol. The summed E-state index contributed by atoms with van der Waals surface area (Å²) in [4.78, 5) is 13.7. The summed E-state index contributed by atoms with van der Waals surface area (Å²) >= 11 is 0. The normalized spacial score (nSPS) is 12.2. The van der Waals surface area contributed by atoms with Crippen molar-refractivity contribution in [3.8, 4) is 0 Å². The van der Waals surface area contributed by atoms with Crippen LogP contribution in [-0.4, -0.2) is 24.1 Å². The van der Waals surface area contributed by atoms with Crippen molar-refractivity contribution in [2.45, 2.75) is 110 Å². The van der Waals surface area contributed by atoms with Crippen LogP contribution in [0, 0.1) is 10.1 Å². The Balaban J connectivity index is 2.04. The van der Waals surface area contributed by atoms with Gasteiger partial charge in [0, 0.05) is 30.9 Å². The number of nitrogens with two attached hydrogens (primary N) is 1. The molecule has 38 heavy (non-hydrogen) atoms. The van der Waals surface area contributed by atoms with Crippen molar-refractivity contribution >= 4 is 22.7 Å². The summed E-state index contributed by atoms with van der Waals surface area (Å²) in [5.41, 5.74) is 8.76. The number of hydrogen-bond donors (Lipinski definition) is 1. The molecule has 0 heterocycles. The Kier molecular flexibility index (Phi) is 15.3. The van der Waals surface area contributed by atoms with Gasteiger partial charge in [0.25, 0.3) is 5.69 Å². The van der Waals surface area contributed by atoms with Crippen LogP contribution < -0.4 is 10.6 Å². The molecule has 1 atom stereocenters. The highest BCUT2D eigenvalue weighted by molar-refractivity contribution is 5.59. The van der Waals surface area contributed by atoms with E-state index < -0.39 is 4.92 Å². The molecule has 0 aromatic heterocycles. The van der Waals surface area contributed by atoms with Gasteiger partial charge in [0.1, 0.15) is 0 Å². The van der Waals surface area contributed by atoms with Crippen molar-refractivity contribution in [3.63, 3.8) is 0 Å². The van der Waals surface area contributed by atoms with E-state index in [9.17, 15) is 10.1 Å². The first-order valence-corrected chi connectivity index (χ1v) is 14.7. The molecule has 2 rings (SSSR count). The number of nitro groups is 1. The van der Waals surface area contributed by atoms with E-state index in [2.05, 4.69) is 41.1 Å². The summed E-state index contributed by atoms with van der Waals surface area (Å²) in [7, 11) is 0. The van der Waals surface area contributed by atoms with Crippen molar-refractivity contribution in [3.05, 3.63) is 58.1 Å². The molecule has 210 valence electrons. The number of nitrogens with zero attached hydrogens (tertiary/aromatic N) is 4. The molecular formula is C31H49N5O2. The van der Waals surface area contributed by atoms with Crippen LogP contribution in [0.1, 0.15) is 103 Å². The number of nitro benzene ring substituents is 1. The lowest BCUT2D eigenvalue weighted by molar-refractivity contribution is -0.384. The standard InChI is InChI=1S/C31H49N5O2/c1-4-6-8-10-12-14-22-35(23-15-13-11-9-7-5-2)29-19-17-28(18-20-29)33-34-30-21-16-27(24-26(3)32)25-31(30)36(37)38/h16-21,25-26H,4-15,22-24,32H2,1-3H3. The molecule has 0 aliphatic carbocycles. The van der Waals surface area contributed by atoms with Crippen LogP contribution in [0.3, 0.4) is 0 Å². The zero-order valence-corrected chi connectivity index (χ0v) is 23.9. The van der Waals surface area contributed by atoms with Crippen LogP contribution in [0.2, 0.25) is 0 Å². The van der Waals surface area contributed by atoms with Crippen LogP contribution in [0.25, 0.3) is 0 Å². The highest BCUT2D eigenvalue weighted by atomic mass is 16.6. The molecule has 1 unspecified atom stereocenters. The molecular weight excluding hydrogens is 474 g/mol. The maximum absolute atomic E-state index is 11.6. The van der Waals surface area contributed by atoms with Gasteiger partial charge in [0.15, 0.2) is 5.69 Å². The molecule has 2 N–H and O–H groups in total. The predicted molar refractivity (Wildman–Crippen MR) is 160 cm³/mol. The van der Waals surface area contributed by atoms with Gasteiger partial charge in [0.2, 0.25) is 0 Å². The lowest BCUT2D eigenvalue weighted by Gasteiger charge is -2.25. The van der Waals surface area contributed by atoms with Gasteiger partial charge in [-0.25, -0.2) is 0 Å². The van der Waals surface area contributed by atoms with Crippen molar-refractivity contribution in [2.75, 3.05) is 18.0 Å². The van der Waals surface area contributed by atoms with Crippen molar-refractivity contribution in [2.24, 2.45) is 16.0 Å². The second kappa shape index (κ2) is 18.5. The van der Waals surface area contributed by atoms with E-state index in [1.807, 2.05) is 25.1 Å². The van der Waals surface area contributed by atoms with Crippen molar-refractivity contribution < 1.29 is 4.92 Å². The Hall–Kier alpha value is -2.80. The summed E-state index contributed by atoms with van der Waals surface area (Å²) in [6.07, 6.45) is 16.1. The van der Waals surface area contributed by atoms with Crippen LogP contribution in [-0.2, 0) is 6.42 Å². The Morgan fingerprint density at radius 2 is 1.37 bits per heavy atom. The zero-order valence-electron chi connectivity index (χ0n) is 23.9. The van der Waals surface area contributed by atoms with Crippen molar-refractivity contribution in [1.29, 1.82) is 0 Å². The first-order chi connectivity index (χ1) is 18.4. The van der Waals surface area contributed by atoms with Gasteiger partial charge in [-0.15, -0.1) is 5.11 Å². The molecule has 2 aromatic rings. The summed E-state index contributed by atoms with van der Waals surface area (Å²) in [5, 5.41) is 20.1. The van der Waals surface area contributed by atoms with E-state index in [0.717, 1.165) is 18.7 Å². The van der Waals surface area contributed by atoms with Crippen LogP contribution in [0.5, 0.6) is 0 Å². The van der Waals surface area contributed by atoms with E-state index in [1.54, 1.807) is 12.1 Å². The molecule has 7 heteroatoms. The van der Waals surface area contributed by atoms with Crippen LogP contribution in [0.4, 0.5) is 22.7 Å². The van der Waals surface area contributed by atoms with Crippen LogP contribution in [0.15, 0.2) is 52.7 Å². The smallest absolute Gasteiger partial charge is 0.296 e. The van der Waals surface area contributed by atoms with Crippen LogP contribution >= 0.6 is 0 Å². The first-order valence-electron chi connectivity index (χ1n) is 14.7. The van der Waals surface area contributed by atoms with E-state index in [4.69, 9.17) is 5.73 Å². The molecule has 0 radical (unpaired) electrons. The fraction of sp³-hybridized carbons (Fsp3) is 0.613. The number of azo groups is 1. The maximum Gasteiger partial charge on any atom is 0.296 e. The fourth-order valence-electron chi connectivity index (χ4n) is 4.68. The lowest BCUT2D eigenvalue weighted by atomic mass is 10.1. The molecule has 0 bridgehead atoms. The topological polar surface area (TPSA) is 97.1 Å².